The molecule has 38 heavy (non-hydrogen) atoms. The smallest absolute Gasteiger partial charge is 0.268 e. The van der Waals surface area contributed by atoms with Crippen LogP contribution in [-0.4, -0.2) is 42.3 Å². The van der Waals surface area contributed by atoms with E-state index in [0.717, 1.165) is 46.8 Å². The molecule has 1 saturated heterocycles. The van der Waals surface area contributed by atoms with E-state index >= 15 is 0 Å². The number of imide groups is 1. The summed E-state index contributed by atoms with van der Waals surface area (Å²) in [5.41, 5.74) is 3.03. The van der Waals surface area contributed by atoms with Gasteiger partial charge in [0.05, 0.1) is 43.6 Å². The van der Waals surface area contributed by atoms with Crippen molar-refractivity contribution in [1.82, 2.24) is 10.3 Å². The Kier molecular flexibility index (Phi) is 5.62. The number of benzene rings is 2. The molecule has 3 heterocycles. The van der Waals surface area contributed by atoms with Crippen molar-refractivity contribution in [1.29, 1.82) is 0 Å². The van der Waals surface area contributed by atoms with Gasteiger partial charge in [0.25, 0.3) is 11.8 Å². The summed E-state index contributed by atoms with van der Waals surface area (Å²) >= 11 is 1.55. The van der Waals surface area contributed by atoms with Gasteiger partial charge in [0, 0.05) is 19.6 Å². The summed E-state index contributed by atoms with van der Waals surface area (Å²) in [6.07, 6.45) is 8.76. The Morgan fingerprint density at radius 3 is 2.84 bits per heavy atom. The molecule has 2 fully saturated rings. The standard InChI is InChI=1S/C30H30N4O3S/c1-17-32-24-10-9-22(14-26(24)38-17)34-29(36)23-5-2-6-25(27(23)30(34)37)33-11-3-4-20(16-33)28(35)31-15-21-13-18-7-8-19(21)12-18/h2,5-10,14,18-21H,3-4,11-13,15-16H2,1H3,(H,31,35)/t18-,19+,20-,21-/m1/s1. The average Bonchev–Trinajstić information content (AvgIpc) is 3.70. The fourth-order valence-corrected chi connectivity index (χ4v) is 7.71. The second kappa shape index (κ2) is 9.05. The van der Waals surface area contributed by atoms with Crippen LogP contribution in [0.15, 0.2) is 48.6 Å². The van der Waals surface area contributed by atoms with Gasteiger partial charge in [0.2, 0.25) is 5.91 Å². The molecular weight excluding hydrogens is 496 g/mol. The molecule has 3 aromatic rings. The number of aromatic nitrogens is 1. The van der Waals surface area contributed by atoms with Crippen molar-refractivity contribution in [3.8, 4) is 0 Å². The number of thiazole rings is 1. The van der Waals surface area contributed by atoms with E-state index in [1.807, 2.05) is 31.2 Å². The van der Waals surface area contributed by atoms with Crippen LogP contribution in [0.25, 0.3) is 10.2 Å². The number of hydrogen-bond donors (Lipinski definition) is 1. The van der Waals surface area contributed by atoms with Crippen LogP contribution in [0, 0.1) is 30.6 Å². The first kappa shape index (κ1) is 23.6. The Labute approximate surface area is 225 Å². The van der Waals surface area contributed by atoms with Crippen LogP contribution in [0.3, 0.4) is 0 Å². The van der Waals surface area contributed by atoms with Crippen LogP contribution < -0.4 is 15.1 Å². The number of piperidine rings is 1. The van der Waals surface area contributed by atoms with Crippen molar-refractivity contribution in [2.45, 2.75) is 32.6 Å². The fourth-order valence-electron chi connectivity index (χ4n) is 6.85. The van der Waals surface area contributed by atoms with Crippen LogP contribution >= 0.6 is 11.3 Å². The second-order valence-electron chi connectivity index (χ2n) is 11.1. The molecule has 1 aromatic heterocycles. The van der Waals surface area contributed by atoms with Crippen LogP contribution in [0.5, 0.6) is 0 Å². The first-order valence-electron chi connectivity index (χ1n) is 13.6. The lowest BCUT2D eigenvalue weighted by atomic mass is 9.92. The predicted molar refractivity (Wildman–Crippen MR) is 149 cm³/mol. The van der Waals surface area contributed by atoms with Crippen molar-refractivity contribution in [2.75, 3.05) is 29.4 Å². The van der Waals surface area contributed by atoms with Gasteiger partial charge >= 0.3 is 0 Å². The highest BCUT2D eigenvalue weighted by Gasteiger charge is 2.41. The van der Waals surface area contributed by atoms with E-state index in [1.165, 1.54) is 17.7 Å². The number of allylic oxidation sites excluding steroid dienone is 2. The molecule has 2 bridgehead atoms. The van der Waals surface area contributed by atoms with E-state index in [4.69, 9.17) is 0 Å². The minimum atomic E-state index is -0.308. The second-order valence-corrected chi connectivity index (χ2v) is 12.3. The van der Waals surface area contributed by atoms with Crippen molar-refractivity contribution in [3.63, 3.8) is 0 Å². The number of rotatable bonds is 5. The van der Waals surface area contributed by atoms with Crippen LogP contribution in [0.2, 0.25) is 0 Å². The molecule has 2 aliphatic carbocycles. The van der Waals surface area contributed by atoms with Crippen LogP contribution in [-0.2, 0) is 4.79 Å². The zero-order chi connectivity index (χ0) is 26.0. The summed E-state index contributed by atoms with van der Waals surface area (Å²) in [5.74, 6) is 1.21. The highest BCUT2D eigenvalue weighted by molar-refractivity contribution is 7.18. The number of hydrogen-bond acceptors (Lipinski definition) is 6. The molecule has 3 amide bonds. The quantitative estimate of drug-likeness (QED) is 0.376. The molecule has 4 aliphatic rings. The minimum absolute atomic E-state index is 0.103. The molecule has 1 saturated carbocycles. The third-order valence-electron chi connectivity index (χ3n) is 8.72. The van der Waals surface area contributed by atoms with E-state index in [1.54, 1.807) is 23.5 Å². The van der Waals surface area contributed by atoms with Crippen molar-refractivity contribution < 1.29 is 14.4 Å². The number of anilines is 2. The SMILES string of the molecule is Cc1nc2ccc(N3C(=O)c4cccc(N5CCC[C@@H](C(=O)NC[C@H]6C[C@@H]7C=C[C@H]6C7)C5)c4C3=O)cc2s1. The maximum atomic E-state index is 13.7. The summed E-state index contributed by atoms with van der Waals surface area (Å²) in [6, 6.07) is 11.0. The van der Waals surface area contributed by atoms with E-state index in [-0.39, 0.29) is 23.6 Å². The number of amides is 3. The number of nitrogens with one attached hydrogen (secondary N) is 1. The summed E-state index contributed by atoms with van der Waals surface area (Å²) in [6.45, 7) is 3.99. The van der Waals surface area contributed by atoms with Crippen LogP contribution in [0.4, 0.5) is 11.4 Å². The van der Waals surface area contributed by atoms with E-state index in [0.29, 0.717) is 41.1 Å². The number of fused-ring (bicyclic) bond motifs is 4. The van der Waals surface area contributed by atoms with Gasteiger partial charge in [0.1, 0.15) is 0 Å². The van der Waals surface area contributed by atoms with Gasteiger partial charge in [-0.25, -0.2) is 9.88 Å². The molecule has 8 heteroatoms. The zero-order valence-corrected chi connectivity index (χ0v) is 22.2. The minimum Gasteiger partial charge on any atom is -0.370 e. The third-order valence-corrected chi connectivity index (χ3v) is 9.65. The van der Waals surface area contributed by atoms with Crippen molar-refractivity contribution in [3.05, 3.63) is 64.7 Å². The number of aryl methyl sites for hydroxylation is 1. The highest BCUT2D eigenvalue weighted by atomic mass is 32.1. The molecule has 0 unspecified atom stereocenters. The van der Waals surface area contributed by atoms with Gasteiger partial charge in [-0.3, -0.25) is 14.4 Å². The molecule has 7 nitrogen and oxygen atoms in total. The van der Waals surface area contributed by atoms with Gasteiger partial charge < -0.3 is 10.2 Å². The lowest BCUT2D eigenvalue weighted by Gasteiger charge is -2.35. The highest BCUT2D eigenvalue weighted by Crippen LogP contribution is 2.43. The molecule has 0 radical (unpaired) electrons. The van der Waals surface area contributed by atoms with Gasteiger partial charge in [0.15, 0.2) is 0 Å². The summed E-state index contributed by atoms with van der Waals surface area (Å²) < 4.78 is 0.947. The molecule has 2 aliphatic heterocycles. The molecular formula is C30H30N4O3S. The number of nitrogens with zero attached hydrogens (tertiary/aromatic N) is 3. The molecule has 7 rings (SSSR count). The molecule has 4 atom stereocenters. The third kappa shape index (κ3) is 3.85. The van der Waals surface area contributed by atoms with Crippen molar-refractivity contribution in [2.24, 2.45) is 23.7 Å². The van der Waals surface area contributed by atoms with Gasteiger partial charge in [-0.1, -0.05) is 18.2 Å². The largest absolute Gasteiger partial charge is 0.370 e. The fraction of sp³-hybridized carbons (Fsp3) is 0.400. The van der Waals surface area contributed by atoms with E-state index < -0.39 is 0 Å². The number of carbonyl (C=O) groups is 3. The normalized spacial score (nSPS) is 26.0. The van der Waals surface area contributed by atoms with E-state index in [9.17, 15) is 14.4 Å². The van der Waals surface area contributed by atoms with Crippen molar-refractivity contribution >= 4 is 50.6 Å². The molecule has 2 aromatic carbocycles. The Bertz CT molecular complexity index is 1510. The monoisotopic (exact) mass is 526 g/mol. The summed E-state index contributed by atoms with van der Waals surface area (Å²) in [4.78, 5) is 48.2. The molecule has 0 spiro atoms. The molecule has 1 N–H and O–H groups in total. The Hall–Kier alpha value is -3.52. The van der Waals surface area contributed by atoms with Gasteiger partial charge in [-0.2, -0.15) is 0 Å². The van der Waals surface area contributed by atoms with Crippen LogP contribution in [0.1, 0.15) is 51.4 Å². The van der Waals surface area contributed by atoms with Gasteiger partial charge in [-0.05, 0) is 80.7 Å². The maximum absolute atomic E-state index is 13.7. The summed E-state index contributed by atoms with van der Waals surface area (Å²) in [5, 5.41) is 4.17. The first-order valence-corrected chi connectivity index (χ1v) is 14.4. The zero-order valence-electron chi connectivity index (χ0n) is 21.4. The van der Waals surface area contributed by atoms with E-state index in [2.05, 4.69) is 27.4 Å². The first-order chi connectivity index (χ1) is 18.5. The Balaban J connectivity index is 1.10. The lowest BCUT2D eigenvalue weighted by molar-refractivity contribution is -0.125. The number of carbonyl (C=O) groups excluding carboxylic acids is 3. The molecule has 194 valence electrons. The Morgan fingerprint density at radius 1 is 1.13 bits per heavy atom. The Morgan fingerprint density at radius 2 is 2.03 bits per heavy atom. The summed E-state index contributed by atoms with van der Waals surface area (Å²) in [7, 11) is 0. The lowest BCUT2D eigenvalue weighted by Crippen LogP contribution is -2.44. The predicted octanol–water partition coefficient (Wildman–Crippen LogP) is 4.95. The topological polar surface area (TPSA) is 82.6 Å². The van der Waals surface area contributed by atoms with Gasteiger partial charge in [-0.15, -0.1) is 11.3 Å². The average molecular weight is 527 g/mol. The maximum Gasteiger partial charge on any atom is 0.268 e.